The Morgan fingerprint density at radius 1 is 0.417 bits per heavy atom. The Morgan fingerprint density at radius 2 is 0.867 bits per heavy atom. The number of alkyl halides is 3. The summed E-state index contributed by atoms with van der Waals surface area (Å²) >= 11 is 0. The van der Waals surface area contributed by atoms with E-state index in [0.29, 0.717) is 16.9 Å². The molecule has 0 spiro atoms. The van der Waals surface area contributed by atoms with Gasteiger partial charge in [0, 0.05) is 32.7 Å². The van der Waals surface area contributed by atoms with Crippen LogP contribution in [0.15, 0.2) is 164 Å². The van der Waals surface area contributed by atoms with Crippen LogP contribution in [0.4, 0.5) is 13.2 Å². The fraction of sp³-hybridized carbons (Fsp3) is 0.0566. The molecule has 0 aliphatic carbocycles. The van der Waals surface area contributed by atoms with Crippen LogP contribution in [0.5, 0.6) is 0 Å². The van der Waals surface area contributed by atoms with E-state index in [0.717, 1.165) is 89.1 Å². The second-order valence-electron chi connectivity index (χ2n) is 15.2. The van der Waals surface area contributed by atoms with Crippen LogP contribution in [0, 0.1) is 36.5 Å². The van der Waals surface area contributed by atoms with E-state index in [4.69, 9.17) is 0 Å². The van der Waals surface area contributed by atoms with Crippen molar-refractivity contribution in [1.82, 2.24) is 9.13 Å². The summed E-state index contributed by atoms with van der Waals surface area (Å²) in [7, 11) is 0. The minimum atomic E-state index is -4.65. The molecule has 0 fully saturated rings. The van der Waals surface area contributed by atoms with E-state index in [1.54, 1.807) is 0 Å². The molecule has 0 aliphatic heterocycles. The topological polar surface area (TPSA) is 57.4 Å². The van der Waals surface area contributed by atoms with Crippen LogP contribution in [0.2, 0.25) is 0 Å². The van der Waals surface area contributed by atoms with Gasteiger partial charge in [-0.2, -0.15) is 23.7 Å². The van der Waals surface area contributed by atoms with E-state index in [1.807, 2.05) is 66.7 Å². The zero-order valence-electron chi connectivity index (χ0n) is 32.5. The van der Waals surface area contributed by atoms with Crippen molar-refractivity contribution in [3.05, 3.63) is 192 Å². The monoisotopic (exact) mass is 782 g/mol. The molecular weight excluding hydrogens is 750 g/mol. The van der Waals surface area contributed by atoms with Crippen molar-refractivity contribution < 1.29 is 13.2 Å². The summed E-state index contributed by atoms with van der Waals surface area (Å²) in [6.07, 6.45) is -4.65. The van der Waals surface area contributed by atoms with Gasteiger partial charge in [0.15, 0.2) is 0 Å². The summed E-state index contributed by atoms with van der Waals surface area (Å²) in [5, 5.41) is 25.3. The van der Waals surface area contributed by atoms with Crippen molar-refractivity contribution in [2.45, 2.75) is 20.0 Å². The van der Waals surface area contributed by atoms with E-state index in [2.05, 4.69) is 114 Å². The molecule has 0 saturated heterocycles. The predicted octanol–water partition coefficient (Wildman–Crippen LogP) is 14.3. The number of rotatable bonds is 5. The van der Waals surface area contributed by atoms with Crippen LogP contribution in [-0.2, 0) is 6.18 Å². The molecule has 0 unspecified atom stereocenters. The highest BCUT2D eigenvalue weighted by molar-refractivity contribution is 6.13. The largest absolute Gasteiger partial charge is 0.416 e. The van der Waals surface area contributed by atoms with Gasteiger partial charge in [0.25, 0.3) is 0 Å². The molecule has 0 radical (unpaired) electrons. The normalized spacial score (nSPS) is 11.7. The van der Waals surface area contributed by atoms with E-state index in [-0.39, 0.29) is 16.7 Å². The fourth-order valence-electron chi connectivity index (χ4n) is 8.89. The van der Waals surface area contributed by atoms with Crippen LogP contribution >= 0.6 is 0 Å². The number of aromatic nitrogens is 2. The summed E-state index contributed by atoms with van der Waals surface area (Å²) in [6.45, 7) is 4.18. The molecule has 0 aliphatic rings. The van der Waals surface area contributed by atoms with E-state index < -0.39 is 11.7 Å². The van der Waals surface area contributed by atoms with Gasteiger partial charge in [-0.25, -0.2) is 0 Å². The third kappa shape index (κ3) is 5.74. The van der Waals surface area contributed by atoms with Gasteiger partial charge in [-0.1, -0.05) is 115 Å². The molecule has 0 saturated carbocycles. The van der Waals surface area contributed by atoms with Crippen molar-refractivity contribution in [2.75, 3.05) is 0 Å². The molecule has 2 heterocycles. The number of aryl methyl sites for hydroxylation is 2. The first-order valence-electron chi connectivity index (χ1n) is 19.5. The predicted molar refractivity (Wildman–Crippen MR) is 235 cm³/mol. The quantitative estimate of drug-likeness (QED) is 0.175. The number of fused-ring (bicyclic) bond motifs is 6. The SMILES string of the molecule is Cc1ccccc1-c1ccc2c3ccccc3n(-c3cc(C#N)c(-c4ccc(C(F)(F)F)cc4C#N)cc3-n3c4ccccc4c4ccc(-c5ccccc5C)cc43)c2c1. The van der Waals surface area contributed by atoms with Gasteiger partial charge in [-0.15, -0.1) is 0 Å². The van der Waals surface area contributed by atoms with E-state index in [9.17, 15) is 23.7 Å². The van der Waals surface area contributed by atoms with Crippen molar-refractivity contribution in [1.29, 1.82) is 10.5 Å². The Morgan fingerprint density at radius 3 is 1.37 bits per heavy atom. The Hall–Kier alpha value is -7.87. The molecular formula is C53H33F3N4. The molecule has 60 heavy (non-hydrogen) atoms. The smallest absolute Gasteiger partial charge is 0.307 e. The number of hydrogen-bond acceptors (Lipinski definition) is 2. The maximum absolute atomic E-state index is 14.0. The first-order chi connectivity index (χ1) is 29.1. The number of benzene rings is 8. The van der Waals surface area contributed by atoms with E-state index >= 15 is 0 Å². The van der Waals surface area contributed by atoms with Crippen molar-refractivity contribution in [2.24, 2.45) is 0 Å². The number of hydrogen-bond donors (Lipinski definition) is 0. The lowest BCUT2D eigenvalue weighted by Gasteiger charge is -2.20. The Balaban J connectivity index is 1.37. The average molecular weight is 783 g/mol. The average Bonchev–Trinajstić information content (AvgIpc) is 3.77. The molecule has 10 rings (SSSR count). The van der Waals surface area contributed by atoms with Gasteiger partial charge in [-0.3, -0.25) is 0 Å². The van der Waals surface area contributed by atoms with Crippen LogP contribution in [0.25, 0.3) is 88.4 Å². The lowest BCUT2D eigenvalue weighted by atomic mass is 9.93. The molecule has 0 N–H and O–H groups in total. The van der Waals surface area contributed by atoms with Gasteiger partial charge >= 0.3 is 6.18 Å². The fourth-order valence-corrected chi connectivity index (χ4v) is 8.89. The minimum Gasteiger partial charge on any atom is -0.307 e. The zero-order chi connectivity index (χ0) is 41.3. The highest BCUT2D eigenvalue weighted by atomic mass is 19.4. The summed E-state index contributed by atoms with van der Waals surface area (Å²) < 4.78 is 46.3. The third-order valence-corrected chi connectivity index (χ3v) is 11.7. The van der Waals surface area contributed by atoms with Crippen LogP contribution in [0.1, 0.15) is 27.8 Å². The van der Waals surface area contributed by atoms with Crippen LogP contribution < -0.4 is 0 Å². The molecule has 2 aromatic heterocycles. The van der Waals surface area contributed by atoms with Gasteiger partial charge in [0.05, 0.1) is 62.3 Å². The lowest BCUT2D eigenvalue weighted by molar-refractivity contribution is -0.137. The zero-order valence-corrected chi connectivity index (χ0v) is 32.5. The number of nitrogens with zero attached hydrogens (tertiary/aromatic N) is 4. The van der Waals surface area contributed by atoms with Gasteiger partial charge in [-0.05, 0) is 95.8 Å². The first kappa shape index (κ1) is 36.5. The van der Waals surface area contributed by atoms with Crippen molar-refractivity contribution in [3.8, 4) is 56.9 Å². The first-order valence-corrected chi connectivity index (χ1v) is 19.5. The maximum Gasteiger partial charge on any atom is 0.416 e. The van der Waals surface area contributed by atoms with E-state index in [1.165, 1.54) is 6.07 Å². The van der Waals surface area contributed by atoms with Gasteiger partial charge in [0.2, 0.25) is 0 Å². The Bertz CT molecular complexity index is 3480. The lowest BCUT2D eigenvalue weighted by Crippen LogP contribution is -2.07. The molecule has 4 nitrogen and oxygen atoms in total. The summed E-state index contributed by atoms with van der Waals surface area (Å²) in [4.78, 5) is 0. The Labute approximate surface area is 343 Å². The molecule has 0 bridgehead atoms. The van der Waals surface area contributed by atoms with Gasteiger partial charge in [0.1, 0.15) is 0 Å². The highest BCUT2D eigenvalue weighted by Crippen LogP contribution is 2.44. The second kappa shape index (κ2) is 13.9. The molecule has 8 aromatic carbocycles. The summed E-state index contributed by atoms with van der Waals surface area (Å²) in [5.74, 6) is 0. The molecule has 0 atom stereocenters. The molecule has 10 aromatic rings. The minimum absolute atomic E-state index is 0.177. The number of halogens is 3. The van der Waals surface area contributed by atoms with Crippen LogP contribution in [-0.4, -0.2) is 9.13 Å². The standard InChI is InChI=1S/C53H33F3N4/c1-32-11-3-5-13-39(32)34-19-22-44-42-15-7-9-17-47(42)59(49(44)26-34)51-28-37(31-58)46(41-24-21-38(53(54,55)56)25-36(41)30-57)29-52(51)60-48-18-10-8-16-43(48)45-23-20-35(27-50(45)60)40-14-6-4-12-33(40)2/h3-29H,1-2H3. The number of para-hydroxylation sites is 2. The van der Waals surface area contributed by atoms with Crippen LogP contribution in [0.3, 0.4) is 0 Å². The number of nitriles is 2. The Kier molecular flexibility index (Phi) is 8.45. The highest BCUT2D eigenvalue weighted by Gasteiger charge is 2.32. The second-order valence-corrected chi connectivity index (χ2v) is 15.2. The maximum atomic E-state index is 14.0. The van der Waals surface area contributed by atoms with Crippen molar-refractivity contribution >= 4 is 43.6 Å². The summed E-state index contributed by atoms with van der Waals surface area (Å²) in [6, 6.07) is 56.9. The molecule has 286 valence electrons. The molecule has 0 amide bonds. The van der Waals surface area contributed by atoms with Gasteiger partial charge < -0.3 is 9.13 Å². The summed E-state index contributed by atoms with van der Waals surface area (Å²) in [5.41, 5.74) is 11.2. The van der Waals surface area contributed by atoms with Crippen molar-refractivity contribution in [3.63, 3.8) is 0 Å². The molecule has 7 heteroatoms. The third-order valence-electron chi connectivity index (χ3n) is 11.7.